The molecule has 4 heterocycles. The number of morpholine rings is 1. The first-order chi connectivity index (χ1) is 13.3. The first-order valence-corrected chi connectivity index (χ1v) is 10.4. The zero-order chi connectivity index (χ0) is 18.5. The van der Waals surface area contributed by atoms with E-state index in [1.807, 2.05) is 11.3 Å². The minimum atomic E-state index is -0.0539. The third-order valence-electron chi connectivity index (χ3n) is 5.01. The Labute approximate surface area is 163 Å². The summed E-state index contributed by atoms with van der Waals surface area (Å²) in [5.74, 6) is 0.744. The van der Waals surface area contributed by atoms with Gasteiger partial charge in [-0.05, 0) is 17.9 Å². The van der Waals surface area contributed by atoms with E-state index in [-0.39, 0.29) is 5.91 Å². The minimum Gasteiger partial charge on any atom is -0.378 e. The predicted octanol–water partition coefficient (Wildman–Crippen LogP) is 1.72. The van der Waals surface area contributed by atoms with Crippen molar-refractivity contribution in [3.63, 3.8) is 0 Å². The fraction of sp³-hybridized carbons (Fsp3) is 0.526. The normalized spacial score (nSPS) is 19.1. The zero-order valence-electron chi connectivity index (χ0n) is 15.4. The van der Waals surface area contributed by atoms with Crippen molar-refractivity contribution in [3.8, 4) is 0 Å². The van der Waals surface area contributed by atoms with E-state index >= 15 is 0 Å². The molecule has 0 radical (unpaired) electrons. The Hall–Kier alpha value is -2.03. The van der Waals surface area contributed by atoms with Crippen molar-refractivity contribution in [2.75, 3.05) is 57.4 Å². The SMILES string of the molecule is O=C(c1cncc(N2CCCN(Cc3cccs3)CC2)n1)N1CCOCC1. The van der Waals surface area contributed by atoms with Gasteiger partial charge in [0.2, 0.25) is 0 Å². The molecule has 27 heavy (non-hydrogen) atoms. The molecule has 2 aliphatic heterocycles. The molecule has 0 N–H and O–H groups in total. The van der Waals surface area contributed by atoms with Gasteiger partial charge in [-0.15, -0.1) is 11.3 Å². The summed E-state index contributed by atoms with van der Waals surface area (Å²) in [5.41, 5.74) is 0.425. The highest BCUT2D eigenvalue weighted by molar-refractivity contribution is 7.09. The zero-order valence-corrected chi connectivity index (χ0v) is 16.2. The van der Waals surface area contributed by atoms with Gasteiger partial charge in [-0.2, -0.15) is 0 Å². The van der Waals surface area contributed by atoms with Crippen molar-refractivity contribution in [2.24, 2.45) is 0 Å². The smallest absolute Gasteiger partial charge is 0.274 e. The van der Waals surface area contributed by atoms with Crippen LogP contribution >= 0.6 is 11.3 Å². The summed E-state index contributed by atoms with van der Waals surface area (Å²) >= 11 is 1.81. The van der Waals surface area contributed by atoms with Crippen molar-refractivity contribution in [1.29, 1.82) is 0 Å². The molecule has 1 amide bonds. The number of nitrogens with zero attached hydrogens (tertiary/aromatic N) is 5. The fourth-order valence-corrected chi connectivity index (χ4v) is 4.27. The van der Waals surface area contributed by atoms with Crippen LogP contribution in [0.4, 0.5) is 5.82 Å². The summed E-state index contributed by atoms with van der Waals surface area (Å²) in [7, 11) is 0. The lowest BCUT2D eigenvalue weighted by Crippen LogP contribution is -2.41. The van der Waals surface area contributed by atoms with Crippen LogP contribution in [0.1, 0.15) is 21.8 Å². The van der Waals surface area contributed by atoms with Gasteiger partial charge in [0.25, 0.3) is 5.91 Å². The van der Waals surface area contributed by atoms with E-state index in [2.05, 4.69) is 37.3 Å². The van der Waals surface area contributed by atoms with Gasteiger partial charge in [0.05, 0.1) is 25.6 Å². The van der Waals surface area contributed by atoms with Crippen molar-refractivity contribution in [3.05, 3.63) is 40.5 Å². The van der Waals surface area contributed by atoms with Crippen LogP contribution in [0.3, 0.4) is 0 Å². The Balaban J connectivity index is 1.40. The highest BCUT2D eigenvalue weighted by Gasteiger charge is 2.22. The van der Waals surface area contributed by atoms with Crippen LogP contribution in [0.25, 0.3) is 0 Å². The average Bonchev–Trinajstić information content (AvgIpc) is 3.12. The Morgan fingerprint density at radius 2 is 2.00 bits per heavy atom. The molecule has 8 heteroatoms. The van der Waals surface area contributed by atoms with Crippen LogP contribution in [0, 0.1) is 0 Å². The molecule has 4 rings (SSSR count). The summed E-state index contributed by atoms with van der Waals surface area (Å²) in [4.78, 5) is 29.5. The highest BCUT2D eigenvalue weighted by atomic mass is 32.1. The molecule has 0 spiro atoms. The highest BCUT2D eigenvalue weighted by Crippen LogP contribution is 2.17. The van der Waals surface area contributed by atoms with Crippen LogP contribution < -0.4 is 4.90 Å². The molecule has 0 aromatic carbocycles. The summed E-state index contributed by atoms with van der Waals surface area (Å²) in [5, 5.41) is 2.13. The largest absolute Gasteiger partial charge is 0.378 e. The monoisotopic (exact) mass is 387 g/mol. The van der Waals surface area contributed by atoms with Gasteiger partial charge in [-0.25, -0.2) is 4.98 Å². The number of hydrogen-bond acceptors (Lipinski definition) is 7. The molecule has 0 bridgehead atoms. The number of carbonyl (C=O) groups is 1. The molecule has 2 aliphatic rings. The third-order valence-corrected chi connectivity index (χ3v) is 5.87. The van der Waals surface area contributed by atoms with E-state index in [1.165, 1.54) is 4.88 Å². The number of thiophene rings is 1. The lowest BCUT2D eigenvalue weighted by Gasteiger charge is -2.27. The molecular formula is C19H25N5O2S. The van der Waals surface area contributed by atoms with Crippen LogP contribution in [0.2, 0.25) is 0 Å². The number of carbonyl (C=O) groups excluding carboxylic acids is 1. The number of hydrogen-bond donors (Lipinski definition) is 0. The lowest BCUT2D eigenvalue weighted by atomic mass is 10.3. The van der Waals surface area contributed by atoms with E-state index in [0.717, 1.165) is 45.0 Å². The Morgan fingerprint density at radius 3 is 2.81 bits per heavy atom. The second-order valence-corrected chi connectivity index (χ2v) is 7.90. The lowest BCUT2D eigenvalue weighted by molar-refractivity contribution is 0.0299. The molecule has 2 fully saturated rings. The number of anilines is 1. The first kappa shape index (κ1) is 18.3. The summed E-state index contributed by atoms with van der Waals surface area (Å²) < 4.78 is 5.32. The molecule has 0 saturated carbocycles. The van der Waals surface area contributed by atoms with Gasteiger partial charge >= 0.3 is 0 Å². The molecule has 2 aromatic rings. The Morgan fingerprint density at radius 1 is 1.11 bits per heavy atom. The van der Waals surface area contributed by atoms with Crippen LogP contribution in [0.5, 0.6) is 0 Å². The maximum Gasteiger partial charge on any atom is 0.274 e. The molecule has 2 saturated heterocycles. The number of aromatic nitrogens is 2. The third kappa shape index (κ3) is 4.63. The van der Waals surface area contributed by atoms with E-state index < -0.39 is 0 Å². The Kier molecular flexibility index (Phi) is 5.96. The van der Waals surface area contributed by atoms with Crippen molar-refractivity contribution < 1.29 is 9.53 Å². The standard InChI is InChI=1S/C19H25N5O2S/c25-19(24-8-10-26-11-9-24)17-13-20-14-18(21-17)23-5-2-4-22(6-7-23)15-16-3-1-12-27-16/h1,3,12-14H,2,4-11,15H2. The molecule has 7 nitrogen and oxygen atoms in total. The molecule has 144 valence electrons. The molecule has 0 aliphatic carbocycles. The number of rotatable bonds is 4. The van der Waals surface area contributed by atoms with Crippen molar-refractivity contribution in [2.45, 2.75) is 13.0 Å². The predicted molar refractivity (Wildman–Crippen MR) is 105 cm³/mol. The van der Waals surface area contributed by atoms with Gasteiger partial charge < -0.3 is 14.5 Å². The molecule has 0 unspecified atom stereocenters. The average molecular weight is 388 g/mol. The quantitative estimate of drug-likeness (QED) is 0.796. The van der Waals surface area contributed by atoms with Crippen LogP contribution in [0.15, 0.2) is 29.9 Å². The van der Waals surface area contributed by atoms with E-state index in [4.69, 9.17) is 4.74 Å². The second-order valence-electron chi connectivity index (χ2n) is 6.86. The van der Waals surface area contributed by atoms with Crippen LogP contribution in [-0.4, -0.2) is 78.2 Å². The van der Waals surface area contributed by atoms with Gasteiger partial charge in [0.15, 0.2) is 0 Å². The maximum absolute atomic E-state index is 12.7. The number of amides is 1. The maximum atomic E-state index is 12.7. The summed E-state index contributed by atoms with van der Waals surface area (Å²) in [6.07, 6.45) is 4.42. The summed E-state index contributed by atoms with van der Waals surface area (Å²) in [6.45, 7) is 7.32. The number of ether oxygens (including phenoxy) is 1. The molecular weight excluding hydrogens is 362 g/mol. The van der Waals surface area contributed by atoms with E-state index in [0.29, 0.717) is 32.0 Å². The van der Waals surface area contributed by atoms with Crippen LogP contribution in [-0.2, 0) is 11.3 Å². The van der Waals surface area contributed by atoms with Gasteiger partial charge in [-0.1, -0.05) is 6.07 Å². The van der Waals surface area contributed by atoms with E-state index in [1.54, 1.807) is 17.3 Å². The van der Waals surface area contributed by atoms with Crippen molar-refractivity contribution in [1.82, 2.24) is 19.8 Å². The molecule has 2 aromatic heterocycles. The van der Waals surface area contributed by atoms with Gasteiger partial charge in [-0.3, -0.25) is 14.7 Å². The van der Waals surface area contributed by atoms with Gasteiger partial charge in [0.1, 0.15) is 11.5 Å². The minimum absolute atomic E-state index is 0.0539. The van der Waals surface area contributed by atoms with Gasteiger partial charge in [0, 0.05) is 50.7 Å². The van der Waals surface area contributed by atoms with Crippen molar-refractivity contribution >= 4 is 23.1 Å². The topological polar surface area (TPSA) is 61.8 Å². The molecule has 0 atom stereocenters. The fourth-order valence-electron chi connectivity index (χ4n) is 3.52. The Bertz CT molecular complexity index is 748. The second kappa shape index (κ2) is 8.77. The first-order valence-electron chi connectivity index (χ1n) is 9.48. The summed E-state index contributed by atoms with van der Waals surface area (Å²) in [6, 6.07) is 4.30. The van der Waals surface area contributed by atoms with E-state index in [9.17, 15) is 4.79 Å².